The Bertz CT molecular complexity index is 903. The highest BCUT2D eigenvalue weighted by Crippen LogP contribution is 2.22. The van der Waals surface area contributed by atoms with Crippen LogP contribution in [0.2, 0.25) is 5.02 Å². The maximum Gasteiger partial charge on any atom is 0.410 e. The van der Waals surface area contributed by atoms with Crippen LogP contribution in [0.25, 0.3) is 0 Å². The summed E-state index contributed by atoms with van der Waals surface area (Å²) < 4.78 is 25.1. The van der Waals surface area contributed by atoms with Crippen LogP contribution in [0.1, 0.15) is 33.3 Å². The Hall–Kier alpha value is -2.54. The van der Waals surface area contributed by atoms with Crippen LogP contribution in [-0.4, -0.2) is 47.3 Å². The first kappa shape index (κ1) is 22.2. The summed E-state index contributed by atoms with van der Waals surface area (Å²) in [6.07, 6.45) is -0.301. The monoisotopic (exact) mass is 435 g/mol. The molecule has 1 amide bonds. The molecule has 162 valence electrons. The summed E-state index contributed by atoms with van der Waals surface area (Å²) in [7, 11) is 0. The van der Waals surface area contributed by atoms with Crippen molar-refractivity contribution in [2.75, 3.05) is 24.5 Å². The average molecular weight is 436 g/mol. The van der Waals surface area contributed by atoms with Crippen LogP contribution in [-0.2, 0) is 11.3 Å². The van der Waals surface area contributed by atoms with Crippen molar-refractivity contribution in [2.45, 2.75) is 45.9 Å². The second-order valence-corrected chi connectivity index (χ2v) is 8.76. The number of rotatable bonds is 4. The summed E-state index contributed by atoms with van der Waals surface area (Å²) >= 11 is 5.78. The van der Waals surface area contributed by atoms with Crippen LogP contribution in [0.4, 0.5) is 15.0 Å². The second kappa shape index (κ2) is 9.08. The number of ether oxygens (including phenoxy) is 2. The molecule has 0 unspecified atom stereocenters. The smallest absolute Gasteiger partial charge is 0.410 e. The van der Waals surface area contributed by atoms with Gasteiger partial charge in [0.1, 0.15) is 23.8 Å². The van der Waals surface area contributed by atoms with Gasteiger partial charge in [-0.25, -0.2) is 9.18 Å². The van der Waals surface area contributed by atoms with E-state index in [2.05, 4.69) is 9.88 Å². The van der Waals surface area contributed by atoms with Gasteiger partial charge < -0.3 is 19.3 Å². The third-order valence-electron chi connectivity index (χ3n) is 4.68. The Balaban J connectivity index is 1.61. The molecule has 6 nitrogen and oxygen atoms in total. The van der Waals surface area contributed by atoms with Crippen molar-refractivity contribution >= 4 is 23.5 Å². The van der Waals surface area contributed by atoms with Crippen molar-refractivity contribution in [1.29, 1.82) is 0 Å². The van der Waals surface area contributed by atoms with Crippen LogP contribution in [0.3, 0.4) is 0 Å². The van der Waals surface area contributed by atoms with Gasteiger partial charge in [-0.1, -0.05) is 23.7 Å². The van der Waals surface area contributed by atoms with E-state index in [1.807, 2.05) is 39.8 Å². The van der Waals surface area contributed by atoms with E-state index in [4.69, 9.17) is 21.1 Å². The van der Waals surface area contributed by atoms with Crippen molar-refractivity contribution in [3.8, 4) is 5.88 Å². The van der Waals surface area contributed by atoms with E-state index >= 15 is 0 Å². The Morgan fingerprint density at radius 3 is 2.70 bits per heavy atom. The van der Waals surface area contributed by atoms with Gasteiger partial charge in [0, 0.05) is 42.3 Å². The van der Waals surface area contributed by atoms with Crippen molar-refractivity contribution in [3.05, 3.63) is 52.8 Å². The summed E-state index contributed by atoms with van der Waals surface area (Å²) in [5.74, 6) is 0.745. The van der Waals surface area contributed by atoms with E-state index in [0.29, 0.717) is 36.1 Å². The third-order valence-corrected chi connectivity index (χ3v) is 4.91. The first-order valence-electron chi connectivity index (χ1n) is 9.91. The zero-order valence-electron chi connectivity index (χ0n) is 17.7. The van der Waals surface area contributed by atoms with E-state index in [0.717, 1.165) is 5.82 Å². The highest BCUT2D eigenvalue weighted by molar-refractivity contribution is 6.30. The molecule has 1 atom stereocenters. The summed E-state index contributed by atoms with van der Waals surface area (Å²) in [4.78, 5) is 20.8. The van der Waals surface area contributed by atoms with Crippen LogP contribution in [0, 0.1) is 5.82 Å². The molecule has 1 saturated heterocycles. The molecule has 8 heteroatoms. The molecule has 1 aromatic carbocycles. The molecule has 1 aromatic heterocycles. The fourth-order valence-electron chi connectivity index (χ4n) is 3.21. The predicted molar refractivity (Wildman–Crippen MR) is 115 cm³/mol. The van der Waals surface area contributed by atoms with Crippen molar-refractivity contribution in [3.63, 3.8) is 0 Å². The number of amides is 1. The lowest BCUT2D eigenvalue weighted by atomic mass is 10.2. The van der Waals surface area contributed by atoms with Crippen molar-refractivity contribution < 1.29 is 18.7 Å². The summed E-state index contributed by atoms with van der Waals surface area (Å²) in [6.45, 7) is 9.42. The number of carbonyl (C=O) groups excluding carboxylic acids is 1. The largest absolute Gasteiger partial charge is 0.473 e. The lowest BCUT2D eigenvalue weighted by molar-refractivity contribution is 0.0158. The zero-order valence-corrected chi connectivity index (χ0v) is 18.4. The molecule has 0 N–H and O–H groups in total. The van der Waals surface area contributed by atoms with Crippen LogP contribution < -0.4 is 9.64 Å². The lowest BCUT2D eigenvalue weighted by Crippen LogP contribution is -2.55. The fraction of sp³-hybridized carbons (Fsp3) is 0.455. The van der Waals surface area contributed by atoms with E-state index < -0.39 is 11.4 Å². The number of nitrogens with zero attached hydrogens (tertiary/aromatic N) is 3. The highest BCUT2D eigenvalue weighted by atomic mass is 35.5. The summed E-state index contributed by atoms with van der Waals surface area (Å²) in [6, 6.07) is 9.93. The van der Waals surface area contributed by atoms with E-state index in [1.165, 1.54) is 6.07 Å². The van der Waals surface area contributed by atoms with Gasteiger partial charge in [-0.2, -0.15) is 4.98 Å². The molecule has 2 aromatic rings. The number of piperazine rings is 1. The van der Waals surface area contributed by atoms with Gasteiger partial charge in [0.05, 0.1) is 0 Å². The van der Waals surface area contributed by atoms with Crippen molar-refractivity contribution in [1.82, 2.24) is 9.88 Å². The molecule has 0 radical (unpaired) electrons. The molecule has 0 bridgehead atoms. The molecule has 1 aliphatic heterocycles. The number of pyridine rings is 1. The number of halogens is 2. The number of anilines is 1. The van der Waals surface area contributed by atoms with Crippen molar-refractivity contribution in [2.24, 2.45) is 0 Å². The fourth-order valence-corrected chi connectivity index (χ4v) is 3.37. The summed E-state index contributed by atoms with van der Waals surface area (Å²) in [5.41, 5.74) is -0.115. The maximum absolute atomic E-state index is 13.9. The predicted octanol–water partition coefficient (Wildman–Crippen LogP) is 4.90. The number of benzene rings is 1. The highest BCUT2D eigenvalue weighted by Gasteiger charge is 2.31. The van der Waals surface area contributed by atoms with Gasteiger partial charge >= 0.3 is 6.09 Å². The molecular weight excluding hydrogens is 409 g/mol. The van der Waals surface area contributed by atoms with E-state index in [-0.39, 0.29) is 18.7 Å². The van der Waals surface area contributed by atoms with Gasteiger partial charge in [-0.05, 0) is 45.9 Å². The average Bonchev–Trinajstić information content (AvgIpc) is 2.66. The van der Waals surface area contributed by atoms with Gasteiger partial charge in [-0.15, -0.1) is 0 Å². The van der Waals surface area contributed by atoms with Gasteiger partial charge in [0.25, 0.3) is 0 Å². The Morgan fingerprint density at radius 1 is 1.27 bits per heavy atom. The molecule has 0 aliphatic carbocycles. The third kappa shape index (κ3) is 5.75. The quantitative estimate of drug-likeness (QED) is 0.683. The minimum atomic E-state index is -0.523. The van der Waals surface area contributed by atoms with Gasteiger partial charge in [0.2, 0.25) is 5.88 Å². The molecule has 1 aliphatic rings. The van der Waals surface area contributed by atoms with Gasteiger partial charge in [0.15, 0.2) is 0 Å². The van der Waals surface area contributed by atoms with Gasteiger partial charge in [-0.3, -0.25) is 0 Å². The molecule has 0 saturated carbocycles. The lowest BCUT2D eigenvalue weighted by Gasteiger charge is -2.40. The Kier molecular flexibility index (Phi) is 6.71. The Labute approximate surface area is 181 Å². The molecule has 2 heterocycles. The number of hydrogen-bond donors (Lipinski definition) is 0. The summed E-state index contributed by atoms with van der Waals surface area (Å²) in [5, 5.41) is 0.344. The molecule has 3 rings (SSSR count). The van der Waals surface area contributed by atoms with E-state index in [9.17, 15) is 9.18 Å². The molecular formula is C22H27ClFN3O3. The number of aromatic nitrogens is 1. The Morgan fingerprint density at radius 2 is 2.03 bits per heavy atom. The zero-order chi connectivity index (χ0) is 21.9. The minimum Gasteiger partial charge on any atom is -0.473 e. The SMILES string of the molecule is C[C@H]1CN(c2cccc(OCc3ccc(Cl)cc3F)n2)CCN1C(=O)OC(C)(C)C. The first-order valence-corrected chi connectivity index (χ1v) is 10.3. The minimum absolute atomic E-state index is 0.0249. The van der Waals surface area contributed by atoms with Crippen LogP contribution in [0.5, 0.6) is 5.88 Å². The number of carbonyl (C=O) groups is 1. The van der Waals surface area contributed by atoms with E-state index in [1.54, 1.807) is 23.1 Å². The first-order chi connectivity index (χ1) is 14.1. The normalized spacial score (nSPS) is 17.1. The molecule has 1 fully saturated rings. The van der Waals surface area contributed by atoms with Crippen LogP contribution >= 0.6 is 11.6 Å². The maximum atomic E-state index is 13.9. The topological polar surface area (TPSA) is 54.9 Å². The standard InChI is InChI=1S/C22H27ClFN3O3/c1-15-13-26(10-11-27(15)21(28)30-22(2,3)4)19-6-5-7-20(25-19)29-14-16-8-9-17(23)12-18(16)24/h5-9,12,15H,10-11,13-14H2,1-4H3/t15-/m0/s1. The second-order valence-electron chi connectivity index (χ2n) is 8.33. The molecule has 0 spiro atoms. The number of hydrogen-bond acceptors (Lipinski definition) is 5. The molecule has 30 heavy (non-hydrogen) atoms. The van der Waals surface area contributed by atoms with Crippen LogP contribution in [0.15, 0.2) is 36.4 Å².